The van der Waals surface area contributed by atoms with Gasteiger partial charge in [-0.2, -0.15) is 10.2 Å². The normalized spacial score (nSPS) is 14.9. The van der Waals surface area contributed by atoms with E-state index in [2.05, 4.69) is 49.3 Å². The molecule has 1 fully saturated rings. The Bertz CT molecular complexity index is 1220. The molecule has 0 unspecified atom stereocenters. The van der Waals surface area contributed by atoms with E-state index in [0.717, 1.165) is 43.1 Å². The Morgan fingerprint density at radius 1 is 1.12 bits per heavy atom. The van der Waals surface area contributed by atoms with Crippen LogP contribution in [-0.4, -0.2) is 77.7 Å². The second-order valence-electron chi connectivity index (χ2n) is 8.10. The topological polar surface area (TPSA) is 107 Å². The number of aromatic nitrogens is 6. The number of nitrogens with zero attached hydrogens (tertiary/aromatic N) is 7. The van der Waals surface area contributed by atoms with Gasteiger partial charge < -0.3 is 10.2 Å². The number of aromatic amines is 1. The van der Waals surface area contributed by atoms with E-state index in [9.17, 15) is 4.79 Å². The molecule has 1 aromatic carbocycles. The monoisotopic (exact) mass is 431 g/mol. The molecule has 0 saturated carbocycles. The molecule has 0 aliphatic carbocycles. The largest absolute Gasteiger partial charge is 0.337 e. The summed E-state index contributed by atoms with van der Waals surface area (Å²) in [4.78, 5) is 26.3. The highest BCUT2D eigenvalue weighted by Gasteiger charge is 2.23. The number of fused-ring (bicyclic) bond motifs is 1. The Kier molecular flexibility index (Phi) is 5.28. The van der Waals surface area contributed by atoms with Crippen molar-refractivity contribution < 1.29 is 4.79 Å². The molecule has 0 bridgehead atoms. The number of H-pyrrole nitrogens is 1. The molecule has 0 radical (unpaired) electrons. The SMILES string of the molecule is CC(C)N1CCN(C(=O)c2cccc(Nc3ncc(-c4cn[nH]c4)n4ncnc34)c2)CC1. The van der Waals surface area contributed by atoms with Crippen LogP contribution in [0, 0.1) is 0 Å². The number of benzene rings is 1. The van der Waals surface area contributed by atoms with Crippen molar-refractivity contribution in [1.82, 2.24) is 39.6 Å². The maximum atomic E-state index is 13.1. The van der Waals surface area contributed by atoms with Crippen LogP contribution >= 0.6 is 0 Å². The summed E-state index contributed by atoms with van der Waals surface area (Å²) in [6, 6.07) is 7.99. The lowest BCUT2D eigenvalue weighted by Gasteiger charge is -2.37. The van der Waals surface area contributed by atoms with Gasteiger partial charge in [-0.25, -0.2) is 14.5 Å². The summed E-state index contributed by atoms with van der Waals surface area (Å²) in [5, 5.41) is 14.4. The Morgan fingerprint density at radius 3 is 2.72 bits per heavy atom. The van der Waals surface area contributed by atoms with Crippen molar-refractivity contribution in [1.29, 1.82) is 0 Å². The van der Waals surface area contributed by atoms with Crippen molar-refractivity contribution in [2.45, 2.75) is 19.9 Å². The van der Waals surface area contributed by atoms with Gasteiger partial charge in [-0.05, 0) is 32.0 Å². The number of hydrogen-bond acceptors (Lipinski definition) is 7. The molecule has 32 heavy (non-hydrogen) atoms. The summed E-state index contributed by atoms with van der Waals surface area (Å²) in [5.74, 6) is 0.609. The third-order valence-electron chi connectivity index (χ3n) is 5.80. The summed E-state index contributed by atoms with van der Waals surface area (Å²) >= 11 is 0. The van der Waals surface area contributed by atoms with E-state index in [-0.39, 0.29) is 5.91 Å². The van der Waals surface area contributed by atoms with Gasteiger partial charge in [0.2, 0.25) is 0 Å². The van der Waals surface area contributed by atoms with Crippen LogP contribution in [0.5, 0.6) is 0 Å². The fourth-order valence-electron chi connectivity index (χ4n) is 3.98. The number of amides is 1. The fourth-order valence-corrected chi connectivity index (χ4v) is 3.98. The van der Waals surface area contributed by atoms with Crippen LogP contribution in [0.15, 0.2) is 49.2 Å². The van der Waals surface area contributed by atoms with Crippen LogP contribution in [-0.2, 0) is 0 Å². The van der Waals surface area contributed by atoms with Gasteiger partial charge in [0, 0.05) is 55.2 Å². The smallest absolute Gasteiger partial charge is 0.254 e. The molecular formula is C22H25N9O. The van der Waals surface area contributed by atoms with E-state index >= 15 is 0 Å². The number of rotatable bonds is 5. The molecule has 1 aliphatic heterocycles. The van der Waals surface area contributed by atoms with Crippen LogP contribution in [0.2, 0.25) is 0 Å². The molecular weight excluding hydrogens is 406 g/mol. The molecule has 1 saturated heterocycles. The molecule has 4 aromatic rings. The summed E-state index contributed by atoms with van der Waals surface area (Å²) in [6.07, 6.45) is 6.70. The summed E-state index contributed by atoms with van der Waals surface area (Å²) in [7, 11) is 0. The highest BCUT2D eigenvalue weighted by atomic mass is 16.2. The van der Waals surface area contributed by atoms with Crippen LogP contribution in [0.3, 0.4) is 0 Å². The van der Waals surface area contributed by atoms with Crippen molar-refractivity contribution in [3.8, 4) is 11.3 Å². The van der Waals surface area contributed by atoms with Crippen molar-refractivity contribution in [2.24, 2.45) is 0 Å². The number of carbonyl (C=O) groups is 1. The van der Waals surface area contributed by atoms with Crippen LogP contribution in [0.25, 0.3) is 16.9 Å². The van der Waals surface area contributed by atoms with E-state index in [1.54, 1.807) is 23.1 Å². The van der Waals surface area contributed by atoms with Crippen molar-refractivity contribution in [2.75, 3.05) is 31.5 Å². The first-order chi connectivity index (χ1) is 15.6. The molecule has 0 spiro atoms. The highest BCUT2D eigenvalue weighted by molar-refractivity contribution is 5.95. The van der Waals surface area contributed by atoms with Crippen LogP contribution in [0.1, 0.15) is 24.2 Å². The molecule has 4 heterocycles. The molecule has 1 aliphatic rings. The molecule has 10 heteroatoms. The van der Waals surface area contributed by atoms with Crippen LogP contribution < -0.4 is 5.32 Å². The predicted octanol–water partition coefficient (Wildman–Crippen LogP) is 2.42. The van der Waals surface area contributed by atoms with E-state index in [1.165, 1.54) is 6.33 Å². The molecule has 164 valence electrons. The summed E-state index contributed by atoms with van der Waals surface area (Å²) in [5.41, 5.74) is 3.65. The number of hydrogen-bond donors (Lipinski definition) is 2. The van der Waals surface area contributed by atoms with Crippen LogP contribution in [0.4, 0.5) is 11.5 Å². The molecule has 2 N–H and O–H groups in total. The van der Waals surface area contributed by atoms with Gasteiger partial charge >= 0.3 is 0 Å². The first-order valence-corrected chi connectivity index (χ1v) is 10.7. The first kappa shape index (κ1) is 20.1. The number of nitrogens with one attached hydrogen (secondary N) is 2. The maximum absolute atomic E-state index is 13.1. The predicted molar refractivity (Wildman–Crippen MR) is 121 cm³/mol. The van der Waals surface area contributed by atoms with Crippen molar-refractivity contribution >= 4 is 23.1 Å². The minimum Gasteiger partial charge on any atom is -0.337 e. The average Bonchev–Trinajstić information content (AvgIpc) is 3.52. The third kappa shape index (κ3) is 3.80. The van der Waals surface area contributed by atoms with Gasteiger partial charge in [-0.15, -0.1) is 0 Å². The average molecular weight is 432 g/mol. The fraction of sp³-hybridized carbons (Fsp3) is 0.318. The van der Waals surface area contributed by atoms with Gasteiger partial charge in [-0.3, -0.25) is 14.8 Å². The van der Waals surface area contributed by atoms with E-state index < -0.39 is 0 Å². The molecule has 1 amide bonds. The Hall–Kier alpha value is -3.79. The number of anilines is 2. The summed E-state index contributed by atoms with van der Waals surface area (Å²) in [6.45, 7) is 7.67. The zero-order valence-electron chi connectivity index (χ0n) is 18.1. The van der Waals surface area contributed by atoms with Gasteiger partial charge in [0.1, 0.15) is 6.33 Å². The highest BCUT2D eigenvalue weighted by Crippen LogP contribution is 2.24. The second kappa shape index (κ2) is 8.39. The molecule has 5 rings (SSSR count). The Morgan fingerprint density at radius 2 is 1.97 bits per heavy atom. The molecule has 10 nitrogen and oxygen atoms in total. The van der Waals surface area contributed by atoms with E-state index in [0.29, 0.717) is 23.1 Å². The van der Waals surface area contributed by atoms with E-state index in [4.69, 9.17) is 0 Å². The quantitative estimate of drug-likeness (QED) is 0.500. The standard InChI is InChI=1S/C22H25N9O/c1-15(2)29-6-8-30(9-7-29)22(32)16-4-3-5-18(10-16)28-20-21-24-14-27-31(21)19(13-23-20)17-11-25-26-12-17/h3-5,10-15H,6-9H2,1-2H3,(H,23,28)(H,25,26). The van der Waals surface area contributed by atoms with Gasteiger partial charge in [0.15, 0.2) is 11.5 Å². The lowest BCUT2D eigenvalue weighted by molar-refractivity contribution is 0.0595. The van der Waals surface area contributed by atoms with Crippen molar-refractivity contribution in [3.63, 3.8) is 0 Å². The minimum atomic E-state index is 0.0490. The Labute approximate surface area is 185 Å². The van der Waals surface area contributed by atoms with Gasteiger partial charge in [0.25, 0.3) is 5.91 Å². The number of carbonyl (C=O) groups excluding carboxylic acids is 1. The zero-order valence-corrected chi connectivity index (χ0v) is 18.1. The second-order valence-corrected chi connectivity index (χ2v) is 8.10. The molecule has 3 aromatic heterocycles. The zero-order chi connectivity index (χ0) is 22.1. The van der Waals surface area contributed by atoms with E-state index in [1.807, 2.05) is 29.2 Å². The third-order valence-corrected chi connectivity index (χ3v) is 5.80. The first-order valence-electron chi connectivity index (χ1n) is 10.7. The van der Waals surface area contributed by atoms with Gasteiger partial charge in [0.05, 0.1) is 18.1 Å². The molecule has 0 atom stereocenters. The number of piperazine rings is 1. The maximum Gasteiger partial charge on any atom is 0.254 e. The van der Waals surface area contributed by atoms with Gasteiger partial charge in [-0.1, -0.05) is 6.07 Å². The summed E-state index contributed by atoms with van der Waals surface area (Å²) < 4.78 is 1.71. The lowest BCUT2D eigenvalue weighted by atomic mass is 10.1. The Balaban J connectivity index is 1.36. The lowest BCUT2D eigenvalue weighted by Crippen LogP contribution is -2.50. The minimum absolute atomic E-state index is 0.0490. The van der Waals surface area contributed by atoms with Crippen molar-refractivity contribution in [3.05, 3.63) is 54.7 Å².